The second-order valence-corrected chi connectivity index (χ2v) is 12.4. The van der Waals surface area contributed by atoms with E-state index in [1.807, 2.05) is 6.20 Å². The molecular formula is C30H45NO. The molecule has 0 amide bonds. The highest BCUT2D eigenvalue weighted by Gasteiger charge is 2.59. The van der Waals surface area contributed by atoms with Crippen molar-refractivity contribution < 1.29 is 5.11 Å². The van der Waals surface area contributed by atoms with Crippen LogP contribution in [-0.4, -0.2) is 16.2 Å². The number of rotatable bonds is 5. The van der Waals surface area contributed by atoms with Crippen molar-refractivity contribution in [1.82, 2.24) is 4.98 Å². The molecule has 4 aliphatic rings. The van der Waals surface area contributed by atoms with Crippen LogP contribution in [0.15, 0.2) is 30.0 Å². The van der Waals surface area contributed by atoms with Gasteiger partial charge in [-0.05, 0) is 123 Å². The van der Waals surface area contributed by atoms with E-state index in [-0.39, 0.29) is 6.10 Å². The lowest BCUT2D eigenvalue weighted by molar-refractivity contribution is -0.0571. The summed E-state index contributed by atoms with van der Waals surface area (Å²) in [5.74, 6) is 4.27. The van der Waals surface area contributed by atoms with Crippen LogP contribution < -0.4 is 0 Å². The molecule has 3 fully saturated rings. The van der Waals surface area contributed by atoms with Crippen LogP contribution in [-0.2, 0) is 12.8 Å². The number of aliphatic hydroxyl groups is 1. The quantitative estimate of drug-likeness (QED) is 0.498. The lowest BCUT2D eigenvalue weighted by Gasteiger charge is -2.58. The van der Waals surface area contributed by atoms with E-state index in [0.29, 0.717) is 10.8 Å². The fourth-order valence-electron chi connectivity index (χ4n) is 9.20. The van der Waals surface area contributed by atoms with Crippen LogP contribution in [0.4, 0.5) is 0 Å². The van der Waals surface area contributed by atoms with Gasteiger partial charge < -0.3 is 5.11 Å². The topological polar surface area (TPSA) is 33.1 Å². The van der Waals surface area contributed by atoms with Crippen molar-refractivity contribution in [3.8, 4) is 0 Å². The third-order valence-electron chi connectivity index (χ3n) is 11.0. The van der Waals surface area contributed by atoms with Gasteiger partial charge in [0.05, 0.1) is 6.10 Å². The third-order valence-corrected chi connectivity index (χ3v) is 11.0. The Morgan fingerprint density at radius 3 is 2.78 bits per heavy atom. The van der Waals surface area contributed by atoms with Crippen molar-refractivity contribution in [3.63, 3.8) is 0 Å². The van der Waals surface area contributed by atoms with Crippen LogP contribution in [0.2, 0.25) is 0 Å². The Kier molecular flexibility index (Phi) is 6.06. The van der Waals surface area contributed by atoms with Crippen molar-refractivity contribution in [2.45, 2.75) is 104 Å². The second-order valence-electron chi connectivity index (χ2n) is 12.4. The van der Waals surface area contributed by atoms with E-state index in [0.717, 1.165) is 55.3 Å². The maximum Gasteiger partial charge on any atom is 0.0577 e. The average molecular weight is 436 g/mol. The fourth-order valence-corrected chi connectivity index (χ4v) is 9.20. The Bertz CT molecular complexity index is 860. The van der Waals surface area contributed by atoms with E-state index in [4.69, 9.17) is 4.98 Å². The van der Waals surface area contributed by atoms with Gasteiger partial charge in [-0.15, -0.1) is 0 Å². The monoisotopic (exact) mass is 435 g/mol. The van der Waals surface area contributed by atoms with Crippen LogP contribution in [0.25, 0.3) is 0 Å². The number of aromatic nitrogens is 1. The van der Waals surface area contributed by atoms with Crippen molar-refractivity contribution in [2.24, 2.45) is 40.4 Å². The van der Waals surface area contributed by atoms with Gasteiger partial charge in [-0.1, -0.05) is 45.4 Å². The Morgan fingerprint density at radius 2 is 1.97 bits per heavy atom. The zero-order chi connectivity index (χ0) is 22.5. The maximum atomic E-state index is 10.3. The van der Waals surface area contributed by atoms with Crippen molar-refractivity contribution in [3.05, 3.63) is 41.2 Å². The van der Waals surface area contributed by atoms with Crippen LogP contribution in [0.1, 0.15) is 96.7 Å². The summed E-state index contributed by atoms with van der Waals surface area (Å²) in [7, 11) is 0. The van der Waals surface area contributed by atoms with Crippen molar-refractivity contribution in [1.29, 1.82) is 0 Å². The van der Waals surface area contributed by atoms with Crippen molar-refractivity contribution >= 4 is 0 Å². The fraction of sp³-hybridized carbons (Fsp3) is 0.767. The smallest absolute Gasteiger partial charge is 0.0577 e. The molecule has 2 nitrogen and oxygen atoms in total. The molecule has 32 heavy (non-hydrogen) atoms. The van der Waals surface area contributed by atoms with E-state index < -0.39 is 0 Å². The predicted octanol–water partition coefficient (Wildman–Crippen LogP) is 7.15. The first-order valence-electron chi connectivity index (χ1n) is 13.7. The normalized spacial score (nSPS) is 41.9. The molecule has 0 aromatic carbocycles. The van der Waals surface area contributed by atoms with E-state index in [1.165, 1.54) is 56.2 Å². The Morgan fingerprint density at radius 1 is 1.12 bits per heavy atom. The molecular weight excluding hydrogens is 390 g/mol. The summed E-state index contributed by atoms with van der Waals surface area (Å²) < 4.78 is 0. The Balaban J connectivity index is 1.30. The summed E-state index contributed by atoms with van der Waals surface area (Å²) in [6, 6.07) is 4.35. The molecule has 0 bridgehead atoms. The minimum Gasteiger partial charge on any atom is -0.393 e. The second kappa shape index (κ2) is 8.57. The number of aliphatic hydroxyl groups excluding tert-OH is 1. The summed E-state index contributed by atoms with van der Waals surface area (Å²) in [6.07, 6.45) is 18.1. The number of allylic oxidation sites excluding steroid dienone is 1. The SMILES string of the molecule is CCc1cccnc1CC[C@@H](C)[C@H]1CC[C@H]2[C@@H]3CC=C4C[C@@H](O)CC[C@]4(C)[C@H]3CC[C@]12C. The van der Waals surface area contributed by atoms with E-state index in [1.54, 1.807) is 5.57 Å². The highest BCUT2D eigenvalue weighted by atomic mass is 16.3. The number of aryl methyl sites for hydroxylation is 2. The molecule has 0 radical (unpaired) electrons. The summed E-state index contributed by atoms with van der Waals surface area (Å²) in [6.45, 7) is 10.0. The largest absolute Gasteiger partial charge is 0.393 e. The molecule has 1 N–H and O–H groups in total. The standard InChI is InChI=1S/C30H45NO/c1-5-21-7-6-18-31-28(21)13-8-20(2)25-11-12-26-24-10-9-22-19-23(32)14-16-29(22,3)27(24)15-17-30(25,26)4/h6-7,9,18,20,23-27,32H,5,8,10-17,19H2,1-4H3/t20-,23+,24+,25-,26+,27+,29+,30-/m1/s1. The summed E-state index contributed by atoms with van der Waals surface area (Å²) in [4.78, 5) is 4.73. The van der Waals surface area contributed by atoms with Crippen LogP contribution in [0, 0.1) is 40.4 Å². The molecule has 5 rings (SSSR count). The average Bonchev–Trinajstić information content (AvgIpc) is 3.15. The van der Waals surface area contributed by atoms with E-state index >= 15 is 0 Å². The summed E-state index contributed by atoms with van der Waals surface area (Å²) in [5, 5.41) is 10.3. The molecule has 1 aromatic heterocycles. The summed E-state index contributed by atoms with van der Waals surface area (Å²) >= 11 is 0. The van der Waals surface area contributed by atoms with Crippen molar-refractivity contribution in [2.75, 3.05) is 0 Å². The van der Waals surface area contributed by atoms with Gasteiger partial charge in [0.1, 0.15) is 0 Å². The van der Waals surface area contributed by atoms with Gasteiger partial charge in [-0.25, -0.2) is 0 Å². The van der Waals surface area contributed by atoms with Gasteiger partial charge in [0.15, 0.2) is 0 Å². The van der Waals surface area contributed by atoms with Crippen LogP contribution in [0.3, 0.4) is 0 Å². The van der Waals surface area contributed by atoms with Gasteiger partial charge in [-0.3, -0.25) is 4.98 Å². The van der Waals surface area contributed by atoms with Gasteiger partial charge in [0.25, 0.3) is 0 Å². The van der Waals surface area contributed by atoms with Gasteiger partial charge in [-0.2, -0.15) is 0 Å². The summed E-state index contributed by atoms with van der Waals surface area (Å²) in [5.41, 5.74) is 5.26. The van der Waals surface area contributed by atoms with Gasteiger partial charge >= 0.3 is 0 Å². The lowest BCUT2D eigenvalue weighted by Crippen LogP contribution is -2.50. The van der Waals surface area contributed by atoms with E-state index in [2.05, 4.69) is 45.9 Å². The first-order chi connectivity index (χ1) is 15.4. The molecule has 0 saturated heterocycles. The van der Waals surface area contributed by atoms with E-state index in [9.17, 15) is 5.11 Å². The molecule has 0 spiro atoms. The molecule has 4 aliphatic carbocycles. The number of hydrogen-bond donors (Lipinski definition) is 1. The molecule has 0 unspecified atom stereocenters. The maximum absolute atomic E-state index is 10.3. The van der Waals surface area contributed by atoms with Crippen LogP contribution in [0.5, 0.6) is 0 Å². The molecule has 8 atom stereocenters. The molecule has 3 saturated carbocycles. The first-order valence-corrected chi connectivity index (χ1v) is 13.7. The zero-order valence-electron chi connectivity index (χ0n) is 20.9. The minimum absolute atomic E-state index is 0.0937. The molecule has 1 heterocycles. The highest BCUT2D eigenvalue weighted by molar-refractivity contribution is 5.25. The number of hydrogen-bond acceptors (Lipinski definition) is 2. The number of nitrogens with zero attached hydrogens (tertiary/aromatic N) is 1. The van der Waals surface area contributed by atoms with Gasteiger partial charge in [0, 0.05) is 11.9 Å². The minimum atomic E-state index is -0.0937. The van der Waals surface area contributed by atoms with Gasteiger partial charge in [0.2, 0.25) is 0 Å². The zero-order valence-corrected chi connectivity index (χ0v) is 20.9. The Hall–Kier alpha value is -1.15. The molecule has 176 valence electrons. The molecule has 2 heteroatoms. The predicted molar refractivity (Wildman–Crippen MR) is 132 cm³/mol. The third kappa shape index (κ3) is 3.60. The highest BCUT2D eigenvalue weighted by Crippen LogP contribution is 2.67. The lowest BCUT2D eigenvalue weighted by atomic mass is 9.47. The molecule has 1 aromatic rings. The number of fused-ring (bicyclic) bond motifs is 5. The number of pyridine rings is 1. The first kappa shape index (κ1) is 22.6. The Labute approximate surface area is 196 Å². The molecule has 0 aliphatic heterocycles. The van der Waals surface area contributed by atoms with Crippen LogP contribution >= 0.6 is 0 Å².